The molecular weight excluding hydrogens is 198 g/mol. The maximum Gasteiger partial charge on any atom is 0.156 e. The van der Waals surface area contributed by atoms with Crippen LogP contribution in [0.15, 0.2) is 21.5 Å². The van der Waals surface area contributed by atoms with Crippen LogP contribution in [-0.4, -0.2) is 16.7 Å². The molecule has 0 N–H and O–H groups in total. The van der Waals surface area contributed by atoms with Gasteiger partial charge in [-0.1, -0.05) is 5.16 Å². The molecule has 1 unspecified atom stereocenters. The van der Waals surface area contributed by atoms with Gasteiger partial charge in [-0.25, -0.2) is 10.3 Å². The van der Waals surface area contributed by atoms with Crippen molar-refractivity contribution in [3.05, 3.63) is 22.7 Å². The van der Waals surface area contributed by atoms with Crippen LogP contribution in [0.4, 0.5) is 0 Å². The smallest absolute Gasteiger partial charge is 0.156 e. The maximum absolute atomic E-state index is 5.21. The molecule has 1 aliphatic rings. The first-order valence-corrected chi connectivity index (χ1v) is 5.39. The van der Waals surface area contributed by atoms with Crippen LogP contribution in [0.3, 0.4) is 0 Å². The molecule has 4 nitrogen and oxygen atoms in total. The molecule has 0 spiro atoms. The summed E-state index contributed by atoms with van der Waals surface area (Å²) >= 11 is 1.56. The normalized spacial score (nSPS) is 20.7. The van der Waals surface area contributed by atoms with Gasteiger partial charge in [-0.2, -0.15) is 0 Å². The third-order valence-electron chi connectivity index (χ3n) is 2.30. The van der Waals surface area contributed by atoms with Gasteiger partial charge in [-0.15, -0.1) is 11.3 Å². The van der Waals surface area contributed by atoms with Crippen molar-refractivity contribution >= 4 is 11.3 Å². The fraction of sp³-hybridized carbons (Fsp3) is 0.333. The number of nitrogens with zero attached hydrogens (tertiary/aromatic N) is 3. The van der Waals surface area contributed by atoms with Gasteiger partial charge in [0.15, 0.2) is 5.76 Å². The van der Waals surface area contributed by atoms with Crippen LogP contribution < -0.4 is 5.32 Å². The van der Waals surface area contributed by atoms with Crippen molar-refractivity contribution in [2.75, 3.05) is 6.54 Å². The Morgan fingerprint density at radius 3 is 3.00 bits per heavy atom. The molecule has 1 saturated heterocycles. The van der Waals surface area contributed by atoms with E-state index in [-0.39, 0.29) is 6.04 Å². The van der Waals surface area contributed by atoms with Crippen LogP contribution in [0.2, 0.25) is 0 Å². The molecule has 0 amide bonds. The lowest BCUT2D eigenvalue weighted by Crippen LogP contribution is -2.27. The second-order valence-corrected chi connectivity index (χ2v) is 3.92. The van der Waals surface area contributed by atoms with Gasteiger partial charge in [-0.3, -0.25) is 0 Å². The lowest BCUT2D eigenvalue weighted by Gasteiger charge is -2.21. The Labute approximate surface area is 85.0 Å². The molecule has 0 bridgehead atoms. The summed E-state index contributed by atoms with van der Waals surface area (Å²) in [7, 11) is 0. The molecule has 1 fully saturated rings. The van der Waals surface area contributed by atoms with E-state index >= 15 is 0 Å². The summed E-state index contributed by atoms with van der Waals surface area (Å²) in [5.74, 6) is 0.860. The highest BCUT2D eigenvalue weighted by Gasteiger charge is 2.24. The molecule has 1 radical (unpaired) electrons. The molecule has 3 rings (SSSR count). The van der Waals surface area contributed by atoms with E-state index in [1.807, 2.05) is 11.4 Å². The molecule has 2 aromatic heterocycles. The Morgan fingerprint density at radius 2 is 2.36 bits per heavy atom. The van der Waals surface area contributed by atoms with E-state index in [1.165, 1.54) is 0 Å². The van der Waals surface area contributed by atoms with Crippen molar-refractivity contribution in [2.24, 2.45) is 0 Å². The van der Waals surface area contributed by atoms with Crippen LogP contribution in [0.5, 0.6) is 0 Å². The third kappa shape index (κ3) is 1.25. The predicted octanol–water partition coefficient (Wildman–Crippen LogP) is 1.85. The molecule has 71 valence electrons. The van der Waals surface area contributed by atoms with Crippen molar-refractivity contribution in [3.63, 3.8) is 0 Å². The Hall–Kier alpha value is -1.20. The summed E-state index contributed by atoms with van der Waals surface area (Å²) in [5.41, 5.74) is 3.48. The lowest BCUT2D eigenvalue weighted by atomic mass is 10.0. The Bertz CT molecular complexity index is 419. The van der Waals surface area contributed by atoms with E-state index in [0.717, 1.165) is 30.1 Å². The fourth-order valence-electron chi connectivity index (χ4n) is 1.40. The molecule has 5 heteroatoms. The van der Waals surface area contributed by atoms with Crippen molar-refractivity contribution in [1.29, 1.82) is 0 Å². The van der Waals surface area contributed by atoms with Crippen molar-refractivity contribution in [3.8, 4) is 11.4 Å². The average molecular weight is 206 g/mol. The van der Waals surface area contributed by atoms with Crippen molar-refractivity contribution in [2.45, 2.75) is 12.5 Å². The predicted molar refractivity (Wildman–Crippen MR) is 52.0 cm³/mol. The van der Waals surface area contributed by atoms with Gasteiger partial charge >= 0.3 is 0 Å². The van der Waals surface area contributed by atoms with Crippen molar-refractivity contribution in [1.82, 2.24) is 15.5 Å². The van der Waals surface area contributed by atoms with Crippen molar-refractivity contribution < 1.29 is 4.52 Å². The number of aromatic nitrogens is 2. The minimum Gasteiger partial charge on any atom is -0.359 e. The van der Waals surface area contributed by atoms with Gasteiger partial charge in [0.25, 0.3) is 0 Å². The number of thiazole rings is 1. The Balaban J connectivity index is 1.90. The third-order valence-corrected chi connectivity index (χ3v) is 2.89. The first kappa shape index (κ1) is 8.14. The zero-order chi connectivity index (χ0) is 9.38. The van der Waals surface area contributed by atoms with E-state index in [2.05, 4.69) is 15.5 Å². The molecule has 14 heavy (non-hydrogen) atoms. The van der Waals surface area contributed by atoms with Crippen LogP contribution >= 0.6 is 11.3 Å². The lowest BCUT2D eigenvalue weighted by molar-refractivity contribution is 0.276. The first-order chi connectivity index (χ1) is 6.93. The van der Waals surface area contributed by atoms with Gasteiger partial charge in [0.2, 0.25) is 0 Å². The highest BCUT2D eigenvalue weighted by atomic mass is 32.1. The average Bonchev–Trinajstić information content (AvgIpc) is 2.65. The van der Waals surface area contributed by atoms with Crippen LogP contribution in [0.25, 0.3) is 11.4 Å². The summed E-state index contributed by atoms with van der Waals surface area (Å²) in [6, 6.07) is 2.16. The molecule has 0 aliphatic carbocycles. The van der Waals surface area contributed by atoms with E-state index in [1.54, 1.807) is 16.8 Å². The molecular formula is C9H8N3OS. The number of rotatable bonds is 2. The van der Waals surface area contributed by atoms with Crippen LogP contribution in [-0.2, 0) is 0 Å². The number of hydrogen-bond acceptors (Lipinski definition) is 4. The van der Waals surface area contributed by atoms with Gasteiger partial charge in [0.05, 0.1) is 11.6 Å². The number of hydrogen-bond donors (Lipinski definition) is 0. The highest BCUT2D eigenvalue weighted by Crippen LogP contribution is 2.28. The minimum absolute atomic E-state index is 0.231. The van der Waals surface area contributed by atoms with E-state index < -0.39 is 0 Å². The van der Waals surface area contributed by atoms with Crippen LogP contribution in [0, 0.1) is 0 Å². The van der Waals surface area contributed by atoms with E-state index in [4.69, 9.17) is 4.52 Å². The van der Waals surface area contributed by atoms with Crippen LogP contribution in [0.1, 0.15) is 18.2 Å². The summed E-state index contributed by atoms with van der Waals surface area (Å²) < 4.78 is 5.21. The Morgan fingerprint density at radius 1 is 1.43 bits per heavy atom. The second-order valence-electron chi connectivity index (χ2n) is 3.20. The van der Waals surface area contributed by atoms with E-state index in [9.17, 15) is 0 Å². The second kappa shape index (κ2) is 3.18. The standard InChI is InChI=1S/C9H8N3OS/c1-2-10-6(1)9-3-7(12-13-9)8-4-14-5-11-8/h3-6H,1-2H2. The molecule has 1 aliphatic heterocycles. The van der Waals surface area contributed by atoms with Gasteiger partial charge < -0.3 is 4.52 Å². The SMILES string of the molecule is c1nc(-c2cc(C3CC[N]3)on2)cs1. The monoisotopic (exact) mass is 206 g/mol. The van der Waals surface area contributed by atoms with E-state index in [0.29, 0.717) is 0 Å². The van der Waals surface area contributed by atoms with Gasteiger partial charge in [0.1, 0.15) is 11.4 Å². The molecule has 1 atom stereocenters. The van der Waals surface area contributed by atoms with Gasteiger partial charge in [-0.05, 0) is 6.42 Å². The minimum atomic E-state index is 0.231. The molecule has 3 heterocycles. The quantitative estimate of drug-likeness (QED) is 0.753. The first-order valence-electron chi connectivity index (χ1n) is 4.45. The Kier molecular flexibility index (Phi) is 1.85. The summed E-state index contributed by atoms with van der Waals surface area (Å²) in [6.45, 7) is 0.942. The molecule has 2 aromatic rings. The molecule has 0 saturated carbocycles. The zero-order valence-electron chi connectivity index (χ0n) is 7.38. The highest BCUT2D eigenvalue weighted by molar-refractivity contribution is 7.07. The zero-order valence-corrected chi connectivity index (χ0v) is 8.20. The maximum atomic E-state index is 5.21. The fourth-order valence-corrected chi connectivity index (χ4v) is 1.94. The topological polar surface area (TPSA) is 53.0 Å². The molecule has 0 aromatic carbocycles. The van der Waals surface area contributed by atoms with Gasteiger partial charge in [0, 0.05) is 18.0 Å². The largest absolute Gasteiger partial charge is 0.359 e. The summed E-state index contributed by atoms with van der Waals surface area (Å²) in [6.07, 6.45) is 1.08. The summed E-state index contributed by atoms with van der Waals surface area (Å²) in [5, 5.41) is 10.2. The summed E-state index contributed by atoms with van der Waals surface area (Å²) in [4.78, 5) is 4.17.